The highest BCUT2D eigenvalue weighted by molar-refractivity contribution is 5.92. The van der Waals surface area contributed by atoms with Crippen molar-refractivity contribution in [2.75, 3.05) is 37.6 Å². The largest absolute Gasteiger partial charge is 0.366 e. The molecule has 2 atom stereocenters. The summed E-state index contributed by atoms with van der Waals surface area (Å²) in [6.07, 6.45) is 3.89. The zero-order valence-electron chi connectivity index (χ0n) is 15.4. The fourth-order valence-corrected chi connectivity index (χ4v) is 3.59. The second kappa shape index (κ2) is 8.52. The van der Waals surface area contributed by atoms with Crippen molar-refractivity contribution in [3.63, 3.8) is 0 Å². The minimum absolute atomic E-state index is 0.0180. The highest BCUT2D eigenvalue weighted by atomic mass is 19.1. The highest BCUT2D eigenvalue weighted by Crippen LogP contribution is 2.40. The van der Waals surface area contributed by atoms with Crippen LogP contribution in [0.2, 0.25) is 0 Å². The quantitative estimate of drug-likeness (QED) is 0.759. The molecule has 1 heterocycles. The van der Waals surface area contributed by atoms with Crippen LogP contribution in [0.15, 0.2) is 24.3 Å². The van der Waals surface area contributed by atoms with E-state index >= 15 is 0 Å². The molecule has 1 saturated carbocycles. The van der Waals surface area contributed by atoms with Crippen molar-refractivity contribution in [2.24, 2.45) is 11.8 Å². The number of rotatable bonds is 7. The number of amides is 2. The van der Waals surface area contributed by atoms with Crippen molar-refractivity contribution in [3.8, 4) is 0 Å². The van der Waals surface area contributed by atoms with Crippen LogP contribution in [0.3, 0.4) is 0 Å². The molecule has 1 aromatic carbocycles. The molecule has 2 unspecified atom stereocenters. The Morgan fingerprint density at radius 2 is 1.85 bits per heavy atom. The number of nitrogens with one attached hydrogen (secondary N) is 1. The zero-order valence-corrected chi connectivity index (χ0v) is 15.4. The number of benzene rings is 1. The van der Waals surface area contributed by atoms with Crippen LogP contribution in [0.25, 0.3) is 0 Å². The number of unbranched alkanes of at least 4 members (excludes halogenated alkanes) is 2. The van der Waals surface area contributed by atoms with Gasteiger partial charge in [0.15, 0.2) is 0 Å². The molecule has 6 heteroatoms. The van der Waals surface area contributed by atoms with Crippen molar-refractivity contribution >= 4 is 17.5 Å². The Balaban J connectivity index is 1.43. The SMILES string of the molecule is CCCCCNC(=O)C1CC1C(=O)N1CCN(c2ccccc2F)CC1. The third-order valence-electron chi connectivity index (χ3n) is 5.31. The first-order valence-electron chi connectivity index (χ1n) is 9.67. The summed E-state index contributed by atoms with van der Waals surface area (Å²) < 4.78 is 13.9. The van der Waals surface area contributed by atoms with E-state index in [4.69, 9.17) is 0 Å². The normalized spacial score (nSPS) is 22.2. The first-order valence-corrected chi connectivity index (χ1v) is 9.67. The number of nitrogens with zero attached hydrogens (tertiary/aromatic N) is 2. The summed E-state index contributed by atoms with van der Waals surface area (Å²) in [4.78, 5) is 28.5. The van der Waals surface area contributed by atoms with Crippen LogP contribution in [0.4, 0.5) is 10.1 Å². The molecule has 2 amide bonds. The van der Waals surface area contributed by atoms with Crippen molar-refractivity contribution in [1.82, 2.24) is 10.2 Å². The van der Waals surface area contributed by atoms with Crippen molar-refractivity contribution < 1.29 is 14.0 Å². The van der Waals surface area contributed by atoms with E-state index in [9.17, 15) is 14.0 Å². The molecule has 2 aliphatic rings. The van der Waals surface area contributed by atoms with Gasteiger partial charge in [0, 0.05) is 32.7 Å². The van der Waals surface area contributed by atoms with E-state index in [-0.39, 0.29) is 29.5 Å². The van der Waals surface area contributed by atoms with Crippen LogP contribution in [-0.2, 0) is 9.59 Å². The first-order chi connectivity index (χ1) is 12.6. The number of halogens is 1. The molecule has 1 aliphatic carbocycles. The molecule has 1 N–H and O–H groups in total. The molecule has 2 fully saturated rings. The Hall–Kier alpha value is -2.11. The molecule has 0 aromatic heterocycles. The van der Waals surface area contributed by atoms with E-state index in [2.05, 4.69) is 12.2 Å². The Morgan fingerprint density at radius 3 is 2.54 bits per heavy atom. The Labute approximate surface area is 154 Å². The van der Waals surface area contributed by atoms with Gasteiger partial charge < -0.3 is 15.1 Å². The van der Waals surface area contributed by atoms with Crippen LogP contribution >= 0.6 is 0 Å². The highest BCUT2D eigenvalue weighted by Gasteiger charge is 2.49. The molecule has 1 aliphatic heterocycles. The van der Waals surface area contributed by atoms with Gasteiger partial charge in [0.25, 0.3) is 0 Å². The van der Waals surface area contributed by atoms with E-state index in [0.717, 1.165) is 19.3 Å². The van der Waals surface area contributed by atoms with E-state index in [1.807, 2.05) is 15.9 Å². The summed E-state index contributed by atoms with van der Waals surface area (Å²) in [7, 11) is 0. The van der Waals surface area contributed by atoms with E-state index in [0.29, 0.717) is 44.8 Å². The van der Waals surface area contributed by atoms with Gasteiger partial charge in [0.05, 0.1) is 17.5 Å². The third kappa shape index (κ3) is 4.34. The standard InChI is InChI=1S/C20H28FN3O2/c1-2-3-6-9-22-19(25)15-14-16(15)20(26)24-12-10-23(11-13-24)18-8-5-4-7-17(18)21/h4-5,7-8,15-16H,2-3,6,9-14H2,1H3,(H,22,25). The molecular formula is C20H28FN3O2. The maximum absolute atomic E-state index is 13.9. The predicted molar refractivity (Wildman–Crippen MR) is 99.3 cm³/mol. The van der Waals surface area contributed by atoms with E-state index in [1.165, 1.54) is 6.07 Å². The molecule has 0 bridgehead atoms. The molecule has 142 valence electrons. The Morgan fingerprint density at radius 1 is 1.12 bits per heavy atom. The topological polar surface area (TPSA) is 52.7 Å². The number of hydrogen-bond donors (Lipinski definition) is 1. The summed E-state index contributed by atoms with van der Waals surface area (Å²) in [5.41, 5.74) is 0.593. The molecule has 5 nitrogen and oxygen atoms in total. The second-order valence-corrected chi connectivity index (χ2v) is 7.21. The minimum atomic E-state index is -0.228. The summed E-state index contributed by atoms with van der Waals surface area (Å²) in [6.45, 7) is 5.22. The zero-order chi connectivity index (χ0) is 18.5. The molecule has 3 rings (SSSR count). The van der Waals surface area contributed by atoms with Gasteiger partial charge in [-0.25, -0.2) is 4.39 Å². The lowest BCUT2D eigenvalue weighted by molar-refractivity contribution is -0.135. The minimum Gasteiger partial charge on any atom is -0.366 e. The lowest BCUT2D eigenvalue weighted by Crippen LogP contribution is -2.49. The average molecular weight is 361 g/mol. The van der Waals surface area contributed by atoms with Gasteiger partial charge >= 0.3 is 0 Å². The van der Waals surface area contributed by atoms with Gasteiger partial charge in [0.1, 0.15) is 5.82 Å². The van der Waals surface area contributed by atoms with Gasteiger partial charge in [-0.05, 0) is 25.0 Å². The molecule has 1 saturated heterocycles. The summed E-state index contributed by atoms with van der Waals surface area (Å²) >= 11 is 0. The van der Waals surface area contributed by atoms with E-state index < -0.39 is 0 Å². The maximum Gasteiger partial charge on any atom is 0.226 e. The van der Waals surface area contributed by atoms with Crippen LogP contribution < -0.4 is 10.2 Å². The second-order valence-electron chi connectivity index (χ2n) is 7.21. The molecular weight excluding hydrogens is 333 g/mol. The van der Waals surface area contributed by atoms with Gasteiger partial charge in [0.2, 0.25) is 11.8 Å². The Bertz CT molecular complexity index is 644. The first kappa shape index (κ1) is 18.7. The van der Waals surface area contributed by atoms with Crippen LogP contribution in [0.1, 0.15) is 32.6 Å². The van der Waals surface area contributed by atoms with Gasteiger partial charge in [-0.1, -0.05) is 31.9 Å². The molecule has 26 heavy (non-hydrogen) atoms. The third-order valence-corrected chi connectivity index (χ3v) is 5.31. The van der Waals surface area contributed by atoms with Crippen LogP contribution in [-0.4, -0.2) is 49.4 Å². The Kier molecular flexibility index (Phi) is 6.12. The summed E-state index contributed by atoms with van der Waals surface area (Å²) in [6, 6.07) is 6.73. The molecule has 1 aromatic rings. The molecule has 0 radical (unpaired) electrons. The maximum atomic E-state index is 13.9. The number of anilines is 1. The summed E-state index contributed by atoms with van der Waals surface area (Å²) in [5.74, 6) is -0.458. The monoisotopic (exact) mass is 361 g/mol. The number of carbonyl (C=O) groups excluding carboxylic acids is 2. The van der Waals surface area contributed by atoms with Crippen molar-refractivity contribution in [2.45, 2.75) is 32.6 Å². The predicted octanol–water partition coefficient (Wildman–Crippen LogP) is 2.42. The van der Waals surface area contributed by atoms with Crippen LogP contribution in [0.5, 0.6) is 0 Å². The number of carbonyl (C=O) groups is 2. The lowest BCUT2D eigenvalue weighted by Gasteiger charge is -2.36. The van der Waals surface area contributed by atoms with Crippen LogP contribution in [0, 0.1) is 17.7 Å². The van der Waals surface area contributed by atoms with Gasteiger partial charge in [-0.15, -0.1) is 0 Å². The van der Waals surface area contributed by atoms with Crippen molar-refractivity contribution in [3.05, 3.63) is 30.1 Å². The van der Waals surface area contributed by atoms with Gasteiger partial charge in [-0.3, -0.25) is 9.59 Å². The van der Waals surface area contributed by atoms with E-state index in [1.54, 1.807) is 12.1 Å². The number of para-hydroxylation sites is 1. The number of hydrogen-bond acceptors (Lipinski definition) is 3. The van der Waals surface area contributed by atoms with Gasteiger partial charge in [-0.2, -0.15) is 0 Å². The molecule has 0 spiro atoms. The fourth-order valence-electron chi connectivity index (χ4n) is 3.59. The summed E-state index contributed by atoms with van der Waals surface area (Å²) in [5, 5.41) is 2.94. The number of piperazine rings is 1. The fraction of sp³-hybridized carbons (Fsp3) is 0.600. The smallest absolute Gasteiger partial charge is 0.226 e. The lowest BCUT2D eigenvalue weighted by atomic mass is 10.2. The van der Waals surface area contributed by atoms with Crippen molar-refractivity contribution in [1.29, 1.82) is 0 Å². The average Bonchev–Trinajstić information content (AvgIpc) is 3.46.